The van der Waals surface area contributed by atoms with Gasteiger partial charge in [-0.25, -0.2) is 4.79 Å². The summed E-state index contributed by atoms with van der Waals surface area (Å²) in [5, 5.41) is 11.5. The average molecular weight is 402 g/mol. The van der Waals surface area contributed by atoms with Gasteiger partial charge in [0.25, 0.3) is 0 Å². The number of carbonyl (C=O) groups excluding carboxylic acids is 1. The molecule has 0 spiro atoms. The molecule has 0 saturated carbocycles. The Labute approximate surface area is 172 Å². The highest BCUT2D eigenvalue weighted by Gasteiger charge is 2.48. The van der Waals surface area contributed by atoms with Crippen LogP contribution in [0.2, 0.25) is 0 Å². The normalized spacial score (nSPS) is 25.4. The molecule has 1 amide bonds. The molecule has 2 heterocycles. The van der Waals surface area contributed by atoms with Crippen LogP contribution in [0.3, 0.4) is 0 Å². The van der Waals surface area contributed by atoms with Gasteiger partial charge >= 0.3 is 12.1 Å². The van der Waals surface area contributed by atoms with Crippen LogP contribution in [0.5, 0.6) is 0 Å². The van der Waals surface area contributed by atoms with Crippen molar-refractivity contribution in [3.8, 4) is 0 Å². The number of amides is 1. The van der Waals surface area contributed by atoms with Crippen molar-refractivity contribution in [3.63, 3.8) is 0 Å². The van der Waals surface area contributed by atoms with Gasteiger partial charge in [0, 0.05) is 18.9 Å². The maximum absolute atomic E-state index is 12.1. The number of allylic oxidation sites excluding steroid dienone is 2. The van der Waals surface area contributed by atoms with Crippen molar-refractivity contribution in [2.75, 3.05) is 13.2 Å². The van der Waals surface area contributed by atoms with Crippen LogP contribution in [0.4, 0.5) is 4.79 Å². The van der Waals surface area contributed by atoms with Crippen molar-refractivity contribution in [2.24, 2.45) is 11.8 Å². The molecule has 0 unspecified atom stereocenters. The fraction of sp³-hybridized carbons (Fsp3) is 0.565. The molecule has 4 atom stereocenters. The summed E-state index contributed by atoms with van der Waals surface area (Å²) in [4.78, 5) is 22.6. The van der Waals surface area contributed by atoms with Crippen LogP contribution in [0.15, 0.2) is 42.5 Å². The number of alkyl carbamates (subject to hydrolysis) is 1. The highest BCUT2D eigenvalue weighted by atomic mass is 16.6. The second-order valence-electron chi connectivity index (χ2n) is 7.87. The van der Waals surface area contributed by atoms with Gasteiger partial charge in [-0.05, 0) is 50.0 Å². The number of unbranched alkanes of at least 4 members (excludes halogenated alkanes) is 1. The van der Waals surface area contributed by atoms with E-state index in [2.05, 4.69) is 17.5 Å². The number of rotatable bonds is 11. The lowest BCUT2D eigenvalue weighted by atomic mass is 9.78. The summed E-state index contributed by atoms with van der Waals surface area (Å²) < 4.78 is 11.6. The van der Waals surface area contributed by atoms with Crippen molar-refractivity contribution in [1.82, 2.24) is 5.32 Å². The summed E-state index contributed by atoms with van der Waals surface area (Å²) in [6, 6.07) is 10.0. The molecule has 29 heavy (non-hydrogen) atoms. The van der Waals surface area contributed by atoms with Gasteiger partial charge in [0.2, 0.25) is 0 Å². The number of fused-ring (bicyclic) bond motifs is 2. The van der Waals surface area contributed by atoms with Gasteiger partial charge in [-0.15, -0.1) is 0 Å². The third-order valence-corrected chi connectivity index (χ3v) is 5.86. The van der Waals surface area contributed by atoms with Gasteiger partial charge in [0.05, 0.1) is 18.8 Å². The summed E-state index contributed by atoms with van der Waals surface area (Å²) in [5.74, 6) is -0.155. The Morgan fingerprint density at radius 3 is 2.66 bits per heavy atom. The number of hydrogen-bond acceptors (Lipinski definition) is 4. The molecule has 0 radical (unpaired) electrons. The Balaban J connectivity index is 1.37. The smallest absolute Gasteiger partial charge is 0.407 e. The molecule has 158 valence electrons. The van der Waals surface area contributed by atoms with Crippen LogP contribution < -0.4 is 5.32 Å². The van der Waals surface area contributed by atoms with Gasteiger partial charge in [-0.1, -0.05) is 42.5 Å². The third-order valence-electron chi connectivity index (χ3n) is 5.86. The Morgan fingerprint density at radius 1 is 1.14 bits per heavy atom. The minimum absolute atomic E-state index is 0.183. The van der Waals surface area contributed by atoms with E-state index in [0.717, 1.165) is 32.1 Å². The fourth-order valence-electron chi connectivity index (χ4n) is 4.35. The Kier molecular flexibility index (Phi) is 8.11. The number of ether oxygens (including phenoxy) is 2. The minimum Gasteiger partial charge on any atom is -0.481 e. The van der Waals surface area contributed by atoms with E-state index >= 15 is 0 Å². The van der Waals surface area contributed by atoms with Gasteiger partial charge in [-0.2, -0.15) is 0 Å². The third kappa shape index (κ3) is 6.60. The Bertz CT molecular complexity index is 690. The first kappa shape index (κ1) is 21.4. The molecule has 1 aromatic carbocycles. The summed E-state index contributed by atoms with van der Waals surface area (Å²) >= 11 is 0. The van der Waals surface area contributed by atoms with Crippen LogP contribution in [0, 0.1) is 11.8 Å². The van der Waals surface area contributed by atoms with Crippen LogP contribution in [0.25, 0.3) is 0 Å². The number of nitrogens with one attached hydrogen (secondary N) is 1. The van der Waals surface area contributed by atoms with Crippen molar-refractivity contribution in [2.45, 2.75) is 57.2 Å². The average Bonchev–Trinajstić information content (AvgIpc) is 3.31. The van der Waals surface area contributed by atoms with Crippen LogP contribution >= 0.6 is 0 Å². The predicted octanol–water partition coefficient (Wildman–Crippen LogP) is 3.95. The van der Waals surface area contributed by atoms with E-state index in [1.807, 2.05) is 30.3 Å². The highest BCUT2D eigenvalue weighted by molar-refractivity contribution is 5.67. The first-order chi connectivity index (χ1) is 14.1. The largest absolute Gasteiger partial charge is 0.481 e. The standard InChI is InChI=1S/C23H31NO5/c25-22(26)11-7-2-1-6-10-18-19(21-13-12-20(18)29-21)16-28-23(27)24-15-14-17-8-4-3-5-9-17/h1,3-6,8-9,18-21H,2,7,10-16H2,(H,24,27)(H,25,26)/t18-,19+,20-,21+/m1/s1. The van der Waals surface area contributed by atoms with E-state index in [9.17, 15) is 9.59 Å². The molecule has 2 saturated heterocycles. The summed E-state index contributed by atoms with van der Waals surface area (Å²) in [6.07, 6.45) is 9.67. The number of carboxylic acids is 1. The van der Waals surface area contributed by atoms with Gasteiger partial charge in [-0.3, -0.25) is 4.79 Å². The molecule has 2 aliphatic heterocycles. The molecule has 6 heteroatoms. The van der Waals surface area contributed by atoms with E-state index in [4.69, 9.17) is 14.6 Å². The maximum Gasteiger partial charge on any atom is 0.407 e. The second kappa shape index (κ2) is 11.0. The zero-order valence-corrected chi connectivity index (χ0v) is 16.8. The number of carbonyl (C=O) groups is 2. The topological polar surface area (TPSA) is 84.9 Å². The van der Waals surface area contributed by atoms with E-state index in [1.165, 1.54) is 5.56 Å². The summed E-state index contributed by atoms with van der Waals surface area (Å²) in [6.45, 7) is 0.939. The van der Waals surface area contributed by atoms with E-state index in [1.54, 1.807) is 0 Å². The fourth-order valence-corrected chi connectivity index (χ4v) is 4.35. The predicted molar refractivity (Wildman–Crippen MR) is 110 cm³/mol. The first-order valence-corrected chi connectivity index (χ1v) is 10.6. The Hall–Kier alpha value is -2.34. The van der Waals surface area contributed by atoms with Gasteiger partial charge < -0.3 is 19.9 Å². The zero-order chi connectivity index (χ0) is 20.5. The molecule has 2 fully saturated rings. The molecule has 3 rings (SSSR count). The quantitative estimate of drug-likeness (QED) is 0.433. The van der Waals surface area contributed by atoms with Gasteiger partial charge in [0.15, 0.2) is 0 Å². The lowest BCUT2D eigenvalue weighted by molar-refractivity contribution is -0.137. The lowest BCUT2D eigenvalue weighted by Gasteiger charge is -2.26. The van der Waals surface area contributed by atoms with Crippen molar-refractivity contribution in [1.29, 1.82) is 0 Å². The molecule has 1 aromatic rings. The molecular formula is C23H31NO5. The van der Waals surface area contributed by atoms with Crippen molar-refractivity contribution in [3.05, 3.63) is 48.0 Å². The monoisotopic (exact) mass is 401 g/mol. The van der Waals surface area contributed by atoms with E-state index < -0.39 is 5.97 Å². The first-order valence-electron chi connectivity index (χ1n) is 10.6. The van der Waals surface area contributed by atoms with Crippen molar-refractivity contribution >= 4 is 12.1 Å². The Morgan fingerprint density at radius 2 is 1.90 bits per heavy atom. The zero-order valence-electron chi connectivity index (χ0n) is 16.8. The summed E-state index contributed by atoms with van der Waals surface area (Å²) in [7, 11) is 0. The molecule has 6 nitrogen and oxygen atoms in total. The van der Waals surface area contributed by atoms with Gasteiger partial charge in [0.1, 0.15) is 0 Å². The SMILES string of the molecule is O=C(O)CCCC=CC[C@@H]1[C@H](COC(=O)NCCc2ccccc2)[C@@H]2CC[C@H]1O2. The molecule has 2 aliphatic rings. The molecule has 2 bridgehead atoms. The van der Waals surface area contributed by atoms with E-state index in [-0.39, 0.29) is 30.6 Å². The van der Waals surface area contributed by atoms with Crippen molar-refractivity contribution < 1.29 is 24.2 Å². The second-order valence-corrected chi connectivity index (χ2v) is 7.87. The number of aliphatic carboxylic acids is 1. The number of carboxylic acid groups (broad SMARTS) is 1. The number of benzene rings is 1. The minimum atomic E-state index is -0.751. The summed E-state index contributed by atoms with van der Waals surface area (Å²) in [5.41, 5.74) is 1.18. The molecule has 0 aliphatic carbocycles. The maximum atomic E-state index is 12.1. The molecule has 0 aromatic heterocycles. The van der Waals surface area contributed by atoms with Crippen LogP contribution in [-0.2, 0) is 20.7 Å². The molecule has 2 N–H and O–H groups in total. The van der Waals surface area contributed by atoms with Crippen LogP contribution in [0.1, 0.15) is 44.1 Å². The van der Waals surface area contributed by atoms with Crippen LogP contribution in [-0.4, -0.2) is 42.5 Å². The van der Waals surface area contributed by atoms with E-state index in [0.29, 0.717) is 25.5 Å². The highest BCUT2D eigenvalue weighted by Crippen LogP contribution is 2.45. The molecular weight excluding hydrogens is 370 g/mol. The number of hydrogen-bond donors (Lipinski definition) is 2. The lowest BCUT2D eigenvalue weighted by Crippen LogP contribution is -2.34.